The molecule has 13 heteroatoms. The van der Waals surface area contributed by atoms with Crippen LogP contribution in [0.3, 0.4) is 0 Å². The number of hydrogen-bond acceptors (Lipinski definition) is 9. The first-order valence-electron chi connectivity index (χ1n) is 10.4. The molecule has 2 atom stereocenters. The van der Waals surface area contributed by atoms with Crippen LogP contribution in [0, 0.1) is 5.92 Å². The fraction of sp³-hybridized carbons (Fsp3) is 0.450. The lowest BCUT2D eigenvalue weighted by atomic mass is 10.1. The summed E-state index contributed by atoms with van der Waals surface area (Å²) in [5.41, 5.74) is 1.36. The highest BCUT2D eigenvalue weighted by atomic mass is 79.9. The number of aromatic nitrogens is 5. The molecule has 1 fully saturated rings. The second-order valence-corrected chi connectivity index (χ2v) is 11.0. The van der Waals surface area contributed by atoms with Gasteiger partial charge in [-0.15, -0.1) is 0 Å². The number of carbonyl (C=O) groups is 1. The fourth-order valence-electron chi connectivity index (χ4n) is 3.80. The Balaban J connectivity index is 1.46. The van der Waals surface area contributed by atoms with E-state index in [-0.39, 0.29) is 30.2 Å². The average molecular weight is 538 g/mol. The largest absolute Gasteiger partial charge is 0.481 e. The third-order valence-corrected chi connectivity index (χ3v) is 6.99. The van der Waals surface area contributed by atoms with E-state index in [1.54, 1.807) is 36.3 Å². The van der Waals surface area contributed by atoms with E-state index in [2.05, 4.69) is 46.6 Å². The molecule has 1 aliphatic rings. The van der Waals surface area contributed by atoms with E-state index in [4.69, 9.17) is 4.74 Å². The van der Waals surface area contributed by atoms with Crippen molar-refractivity contribution in [3.8, 4) is 11.6 Å². The SMILES string of the molecule is COc1cc(-n2nc(Br)c3cnc(N[C@@H]4CC[C@@H](C(=O)NCCS(C)(=O)=O)C4)nc32)ccn1. The molecule has 3 aromatic rings. The number of anilines is 1. The maximum Gasteiger partial charge on any atom is 0.224 e. The van der Waals surface area contributed by atoms with Gasteiger partial charge in [0.25, 0.3) is 0 Å². The lowest BCUT2D eigenvalue weighted by molar-refractivity contribution is -0.124. The number of pyridine rings is 1. The number of methoxy groups -OCH3 is 1. The molecule has 1 amide bonds. The van der Waals surface area contributed by atoms with Gasteiger partial charge in [-0.1, -0.05) is 0 Å². The highest BCUT2D eigenvalue weighted by molar-refractivity contribution is 9.10. The van der Waals surface area contributed by atoms with E-state index in [1.165, 1.54) is 0 Å². The molecule has 1 saturated carbocycles. The topological polar surface area (TPSA) is 141 Å². The van der Waals surface area contributed by atoms with Crippen molar-refractivity contribution in [3.63, 3.8) is 0 Å². The quantitative estimate of drug-likeness (QED) is 0.439. The maximum absolute atomic E-state index is 12.4. The first-order valence-corrected chi connectivity index (χ1v) is 13.2. The van der Waals surface area contributed by atoms with Crippen LogP contribution in [0.25, 0.3) is 16.7 Å². The van der Waals surface area contributed by atoms with Crippen molar-refractivity contribution in [2.45, 2.75) is 25.3 Å². The Hall–Kier alpha value is -2.80. The molecule has 0 unspecified atom stereocenters. The van der Waals surface area contributed by atoms with Gasteiger partial charge in [-0.2, -0.15) is 10.1 Å². The van der Waals surface area contributed by atoms with Crippen LogP contribution < -0.4 is 15.4 Å². The molecule has 1 aliphatic carbocycles. The molecular formula is C20H24BrN7O4S. The van der Waals surface area contributed by atoms with Gasteiger partial charge in [0.1, 0.15) is 14.4 Å². The maximum atomic E-state index is 12.4. The van der Waals surface area contributed by atoms with Crippen molar-refractivity contribution >= 4 is 48.7 Å². The van der Waals surface area contributed by atoms with Crippen molar-refractivity contribution in [1.29, 1.82) is 0 Å². The molecule has 33 heavy (non-hydrogen) atoms. The number of amides is 1. The van der Waals surface area contributed by atoms with Gasteiger partial charge in [0.15, 0.2) is 5.65 Å². The van der Waals surface area contributed by atoms with Gasteiger partial charge >= 0.3 is 0 Å². The summed E-state index contributed by atoms with van der Waals surface area (Å²) in [4.78, 5) is 25.6. The van der Waals surface area contributed by atoms with E-state index in [0.717, 1.165) is 23.8 Å². The molecule has 3 heterocycles. The van der Waals surface area contributed by atoms with Crippen LogP contribution in [0.4, 0.5) is 5.95 Å². The van der Waals surface area contributed by atoms with Crippen LogP contribution in [0.1, 0.15) is 19.3 Å². The lowest BCUT2D eigenvalue weighted by Crippen LogP contribution is -2.33. The van der Waals surface area contributed by atoms with Crippen LogP contribution in [0.15, 0.2) is 29.1 Å². The van der Waals surface area contributed by atoms with Crippen LogP contribution >= 0.6 is 15.9 Å². The minimum absolute atomic E-state index is 0.0361. The van der Waals surface area contributed by atoms with E-state index in [1.807, 2.05) is 0 Å². The van der Waals surface area contributed by atoms with Crippen molar-refractivity contribution in [1.82, 2.24) is 30.0 Å². The summed E-state index contributed by atoms with van der Waals surface area (Å²) >= 11 is 3.46. The first kappa shape index (κ1) is 23.4. The van der Waals surface area contributed by atoms with Gasteiger partial charge in [-0.25, -0.2) is 23.1 Å². The second kappa shape index (κ2) is 9.59. The zero-order valence-electron chi connectivity index (χ0n) is 18.2. The number of nitrogens with one attached hydrogen (secondary N) is 2. The van der Waals surface area contributed by atoms with Gasteiger partial charge in [0.05, 0.1) is 23.9 Å². The summed E-state index contributed by atoms with van der Waals surface area (Å²) in [5, 5.41) is 11.3. The van der Waals surface area contributed by atoms with E-state index in [0.29, 0.717) is 34.9 Å². The van der Waals surface area contributed by atoms with Crippen molar-refractivity contribution < 1.29 is 17.9 Å². The summed E-state index contributed by atoms with van der Waals surface area (Å²) in [6, 6.07) is 3.60. The van der Waals surface area contributed by atoms with Crippen molar-refractivity contribution in [2.75, 3.05) is 31.0 Å². The number of ether oxygens (including phenoxy) is 1. The number of carbonyl (C=O) groups excluding carboxylic acids is 1. The van der Waals surface area contributed by atoms with Gasteiger partial charge in [0.2, 0.25) is 17.7 Å². The Morgan fingerprint density at radius 1 is 1.33 bits per heavy atom. The summed E-state index contributed by atoms with van der Waals surface area (Å²) < 4.78 is 30.0. The monoisotopic (exact) mass is 537 g/mol. The number of fused-ring (bicyclic) bond motifs is 1. The normalized spacial score (nSPS) is 18.4. The summed E-state index contributed by atoms with van der Waals surface area (Å²) in [6.07, 6.45) is 6.61. The number of nitrogens with zero attached hydrogens (tertiary/aromatic N) is 5. The highest BCUT2D eigenvalue weighted by Gasteiger charge is 2.30. The molecule has 0 aliphatic heterocycles. The molecule has 0 radical (unpaired) electrons. The van der Waals surface area contributed by atoms with Gasteiger partial charge < -0.3 is 15.4 Å². The lowest BCUT2D eigenvalue weighted by Gasteiger charge is -2.14. The van der Waals surface area contributed by atoms with Gasteiger partial charge in [-0.3, -0.25) is 4.79 Å². The molecule has 0 spiro atoms. The van der Waals surface area contributed by atoms with E-state index < -0.39 is 9.84 Å². The first-order chi connectivity index (χ1) is 15.7. The van der Waals surface area contributed by atoms with E-state index >= 15 is 0 Å². The van der Waals surface area contributed by atoms with Crippen LogP contribution in [0.5, 0.6) is 5.88 Å². The van der Waals surface area contributed by atoms with E-state index in [9.17, 15) is 13.2 Å². The molecular weight excluding hydrogens is 514 g/mol. The molecule has 3 aromatic heterocycles. The second-order valence-electron chi connectivity index (χ2n) is 7.96. The van der Waals surface area contributed by atoms with Gasteiger partial charge in [0, 0.05) is 43.2 Å². The zero-order chi connectivity index (χ0) is 23.6. The van der Waals surface area contributed by atoms with Crippen LogP contribution in [-0.4, -0.2) is 70.8 Å². The zero-order valence-corrected chi connectivity index (χ0v) is 20.6. The molecule has 4 rings (SSSR count). The Bertz CT molecular complexity index is 1280. The smallest absolute Gasteiger partial charge is 0.224 e. The van der Waals surface area contributed by atoms with Crippen LogP contribution in [-0.2, 0) is 14.6 Å². The summed E-state index contributed by atoms with van der Waals surface area (Å²) in [6.45, 7) is 0.130. The Morgan fingerprint density at radius 3 is 2.91 bits per heavy atom. The van der Waals surface area contributed by atoms with Crippen molar-refractivity contribution in [3.05, 3.63) is 29.1 Å². The molecule has 176 valence electrons. The summed E-state index contributed by atoms with van der Waals surface area (Å²) in [7, 11) is -1.55. The molecule has 0 saturated heterocycles. The molecule has 0 aromatic carbocycles. The molecule has 0 bridgehead atoms. The predicted octanol–water partition coefficient (Wildman–Crippen LogP) is 1.72. The number of halogens is 1. The predicted molar refractivity (Wildman–Crippen MR) is 126 cm³/mol. The summed E-state index contributed by atoms with van der Waals surface area (Å²) in [5.74, 6) is 0.558. The third-order valence-electron chi connectivity index (χ3n) is 5.46. The molecule has 2 N–H and O–H groups in total. The Labute approximate surface area is 199 Å². The highest BCUT2D eigenvalue weighted by Crippen LogP contribution is 2.29. The molecule has 11 nitrogen and oxygen atoms in total. The van der Waals surface area contributed by atoms with Gasteiger partial charge in [-0.05, 0) is 41.3 Å². The minimum atomic E-state index is -3.10. The minimum Gasteiger partial charge on any atom is -0.481 e. The number of sulfone groups is 1. The number of rotatable bonds is 8. The number of hydrogen-bond donors (Lipinski definition) is 2. The van der Waals surface area contributed by atoms with Crippen molar-refractivity contribution in [2.24, 2.45) is 5.92 Å². The van der Waals surface area contributed by atoms with Crippen LogP contribution in [0.2, 0.25) is 0 Å². The standard InChI is InChI=1S/C20H24BrN7O4S/c1-32-16-10-14(5-6-22-16)28-18-15(17(21)27-28)11-24-20(26-18)25-13-4-3-12(9-13)19(29)23-7-8-33(2,30)31/h5-6,10-13H,3-4,7-9H2,1-2H3,(H,23,29)(H,24,25,26)/t12-,13-/m1/s1. The fourth-order valence-corrected chi connectivity index (χ4v) is 4.71. The average Bonchev–Trinajstić information content (AvgIpc) is 3.37. The Morgan fingerprint density at radius 2 is 2.15 bits per heavy atom. The third kappa shape index (κ3) is 5.58. The Kier molecular flexibility index (Phi) is 6.79.